The quantitative estimate of drug-likeness (QED) is 0.416. The summed E-state index contributed by atoms with van der Waals surface area (Å²) in [5, 5.41) is 2.16. The van der Waals surface area contributed by atoms with Gasteiger partial charge in [-0.05, 0) is 54.1 Å². The normalized spacial score (nSPS) is 15.7. The van der Waals surface area contributed by atoms with Crippen molar-refractivity contribution in [1.82, 2.24) is 4.90 Å². The third-order valence-electron chi connectivity index (χ3n) is 5.07. The Bertz CT molecular complexity index is 1150. The Kier molecular flexibility index (Phi) is 7.27. The fourth-order valence-corrected chi connectivity index (χ4v) is 4.16. The van der Waals surface area contributed by atoms with Crippen LogP contribution in [0.5, 0.6) is 23.0 Å². The molecule has 4 rings (SSSR count). The molecule has 0 radical (unpaired) electrons. The lowest BCUT2D eigenvalue weighted by Gasteiger charge is -2.13. The number of nitrogens with one attached hydrogen (secondary N) is 1. The number of rotatable bonds is 9. The van der Waals surface area contributed by atoms with Crippen LogP contribution in [0.4, 0.5) is 10.5 Å². The van der Waals surface area contributed by atoms with Gasteiger partial charge in [0.05, 0.1) is 18.6 Å². The van der Waals surface area contributed by atoms with Crippen LogP contribution in [0.3, 0.4) is 0 Å². The second kappa shape index (κ2) is 10.5. The first kappa shape index (κ1) is 23.5. The monoisotopic (exact) mass is 484 g/mol. The molecule has 1 N–H and O–H groups in total. The van der Waals surface area contributed by atoms with E-state index in [9.17, 15) is 14.4 Å². The van der Waals surface area contributed by atoms with Gasteiger partial charge in [-0.25, -0.2) is 0 Å². The number of unbranched alkanes of at least 4 members (excludes halogenated alkanes) is 1. The fraction of sp³-hybridized carbons (Fsp3) is 0.292. The molecule has 9 nitrogen and oxygen atoms in total. The minimum absolute atomic E-state index is 0.121. The molecular formula is C24H24N2O7S. The number of carbonyl (C=O) groups is 3. The van der Waals surface area contributed by atoms with E-state index in [1.165, 1.54) is 0 Å². The number of amides is 3. The summed E-state index contributed by atoms with van der Waals surface area (Å²) < 4.78 is 21.6. The Morgan fingerprint density at radius 3 is 2.76 bits per heavy atom. The van der Waals surface area contributed by atoms with Crippen molar-refractivity contribution < 1.29 is 33.3 Å². The number of hydrogen-bond donors (Lipinski definition) is 1. The van der Waals surface area contributed by atoms with Crippen LogP contribution < -0.4 is 24.3 Å². The summed E-state index contributed by atoms with van der Waals surface area (Å²) in [6.07, 6.45) is 3.55. The van der Waals surface area contributed by atoms with E-state index >= 15 is 0 Å². The number of thioether (sulfide) groups is 1. The molecule has 178 valence electrons. The van der Waals surface area contributed by atoms with Gasteiger partial charge in [-0.2, -0.15) is 0 Å². The number of carbonyl (C=O) groups excluding carboxylic acids is 3. The van der Waals surface area contributed by atoms with Gasteiger partial charge in [0.15, 0.2) is 23.0 Å². The summed E-state index contributed by atoms with van der Waals surface area (Å²) in [7, 11) is 1.54. The highest BCUT2D eigenvalue weighted by atomic mass is 32.2. The van der Waals surface area contributed by atoms with Crippen molar-refractivity contribution in [2.75, 3.05) is 32.4 Å². The fourth-order valence-electron chi connectivity index (χ4n) is 3.33. The number of imide groups is 1. The van der Waals surface area contributed by atoms with Crippen LogP contribution in [0, 0.1) is 0 Å². The second-order valence-electron chi connectivity index (χ2n) is 7.50. The second-order valence-corrected chi connectivity index (χ2v) is 8.49. The molecule has 0 atom stereocenters. The molecule has 1 fully saturated rings. The van der Waals surface area contributed by atoms with Gasteiger partial charge in [0.2, 0.25) is 12.7 Å². The molecule has 34 heavy (non-hydrogen) atoms. The molecular weight excluding hydrogens is 460 g/mol. The van der Waals surface area contributed by atoms with Crippen LogP contribution in [0.25, 0.3) is 6.08 Å². The van der Waals surface area contributed by atoms with Crippen LogP contribution >= 0.6 is 11.8 Å². The standard InChI is InChI=1S/C24H24N2O7S/c1-3-4-9-31-17-7-5-15(10-19(17)30-2)11-21-23(28)26(24(29)34-21)13-22(27)25-16-6-8-18-20(12-16)33-14-32-18/h5-8,10-12H,3-4,9,13-14H2,1-2H3,(H,25,27)/b21-11-. The third-order valence-corrected chi connectivity index (χ3v) is 5.98. The Balaban J connectivity index is 1.41. The lowest BCUT2D eigenvalue weighted by atomic mass is 10.2. The van der Waals surface area contributed by atoms with E-state index in [-0.39, 0.29) is 11.7 Å². The molecule has 0 bridgehead atoms. The molecule has 0 aromatic heterocycles. The van der Waals surface area contributed by atoms with Gasteiger partial charge in [-0.1, -0.05) is 19.4 Å². The maximum absolute atomic E-state index is 12.8. The van der Waals surface area contributed by atoms with E-state index < -0.39 is 23.6 Å². The average molecular weight is 485 g/mol. The molecule has 3 amide bonds. The van der Waals surface area contributed by atoms with Crippen molar-refractivity contribution in [2.24, 2.45) is 0 Å². The SMILES string of the molecule is CCCCOc1ccc(/C=C2\SC(=O)N(CC(=O)Nc3ccc4c(c3)OCO4)C2=O)cc1OC. The van der Waals surface area contributed by atoms with Crippen molar-refractivity contribution in [3.63, 3.8) is 0 Å². The van der Waals surface area contributed by atoms with Crippen LogP contribution in [0.15, 0.2) is 41.3 Å². The van der Waals surface area contributed by atoms with Crippen molar-refractivity contribution in [3.8, 4) is 23.0 Å². The molecule has 2 aromatic carbocycles. The third kappa shape index (κ3) is 5.28. The molecule has 2 aliphatic heterocycles. The smallest absolute Gasteiger partial charge is 0.294 e. The number of anilines is 1. The Labute approximate surface area is 201 Å². The van der Waals surface area contributed by atoms with E-state index in [2.05, 4.69) is 12.2 Å². The van der Waals surface area contributed by atoms with Crippen LogP contribution in [0.1, 0.15) is 25.3 Å². The summed E-state index contributed by atoms with van der Waals surface area (Å²) in [5.41, 5.74) is 1.15. The highest BCUT2D eigenvalue weighted by Crippen LogP contribution is 2.36. The lowest BCUT2D eigenvalue weighted by Crippen LogP contribution is -2.36. The first-order chi connectivity index (χ1) is 16.5. The van der Waals surface area contributed by atoms with Crippen LogP contribution in [-0.2, 0) is 9.59 Å². The predicted octanol–water partition coefficient (Wildman–Crippen LogP) is 4.28. The first-order valence-corrected chi connectivity index (χ1v) is 11.6. The minimum atomic E-state index is -0.530. The highest BCUT2D eigenvalue weighted by Gasteiger charge is 2.36. The molecule has 2 heterocycles. The minimum Gasteiger partial charge on any atom is -0.493 e. The first-order valence-electron chi connectivity index (χ1n) is 10.7. The predicted molar refractivity (Wildman–Crippen MR) is 127 cm³/mol. The van der Waals surface area contributed by atoms with Crippen LogP contribution in [0.2, 0.25) is 0 Å². The van der Waals surface area contributed by atoms with Crippen molar-refractivity contribution >= 4 is 40.6 Å². The maximum Gasteiger partial charge on any atom is 0.294 e. The summed E-state index contributed by atoms with van der Waals surface area (Å²) in [4.78, 5) is 38.8. The summed E-state index contributed by atoms with van der Waals surface area (Å²) in [5.74, 6) is 1.22. The topological polar surface area (TPSA) is 103 Å². The Morgan fingerprint density at radius 1 is 1.15 bits per heavy atom. The van der Waals surface area contributed by atoms with Gasteiger partial charge in [0.1, 0.15) is 6.54 Å². The Hall–Kier alpha value is -3.66. The van der Waals surface area contributed by atoms with Gasteiger partial charge in [0, 0.05) is 11.8 Å². The number of fused-ring (bicyclic) bond motifs is 1. The van der Waals surface area contributed by atoms with E-state index in [1.807, 2.05) is 0 Å². The van der Waals surface area contributed by atoms with Crippen LogP contribution in [-0.4, -0.2) is 49.0 Å². The maximum atomic E-state index is 12.8. The number of ether oxygens (including phenoxy) is 4. The van der Waals surface area contributed by atoms with Crippen molar-refractivity contribution in [1.29, 1.82) is 0 Å². The van der Waals surface area contributed by atoms with Gasteiger partial charge >= 0.3 is 0 Å². The average Bonchev–Trinajstić information content (AvgIpc) is 3.39. The summed E-state index contributed by atoms with van der Waals surface area (Å²) >= 11 is 0.786. The van der Waals surface area contributed by atoms with Gasteiger partial charge in [-0.15, -0.1) is 0 Å². The van der Waals surface area contributed by atoms with E-state index in [4.69, 9.17) is 18.9 Å². The summed E-state index contributed by atoms with van der Waals surface area (Å²) in [6, 6.07) is 10.2. The zero-order valence-electron chi connectivity index (χ0n) is 18.8. The lowest BCUT2D eigenvalue weighted by molar-refractivity contribution is -0.127. The molecule has 0 unspecified atom stereocenters. The molecule has 2 aliphatic rings. The number of benzene rings is 2. The molecule has 2 aromatic rings. The molecule has 0 aliphatic carbocycles. The zero-order chi connectivity index (χ0) is 24.1. The summed E-state index contributed by atoms with van der Waals surface area (Å²) in [6.45, 7) is 2.39. The van der Waals surface area contributed by atoms with Gasteiger partial charge in [-0.3, -0.25) is 19.3 Å². The number of hydrogen-bond acceptors (Lipinski definition) is 8. The van der Waals surface area contributed by atoms with Crippen molar-refractivity contribution in [2.45, 2.75) is 19.8 Å². The Morgan fingerprint density at radius 2 is 1.97 bits per heavy atom. The molecule has 0 spiro atoms. The van der Waals surface area contributed by atoms with E-state index in [0.717, 1.165) is 29.5 Å². The largest absolute Gasteiger partial charge is 0.493 e. The van der Waals surface area contributed by atoms with E-state index in [1.54, 1.807) is 49.6 Å². The molecule has 1 saturated heterocycles. The molecule has 0 saturated carbocycles. The van der Waals surface area contributed by atoms with Crippen molar-refractivity contribution in [3.05, 3.63) is 46.9 Å². The zero-order valence-corrected chi connectivity index (χ0v) is 19.6. The van der Waals surface area contributed by atoms with Gasteiger partial charge in [0.25, 0.3) is 11.1 Å². The highest BCUT2D eigenvalue weighted by molar-refractivity contribution is 8.18. The number of methoxy groups -OCH3 is 1. The van der Waals surface area contributed by atoms with E-state index in [0.29, 0.717) is 40.9 Å². The van der Waals surface area contributed by atoms with Gasteiger partial charge < -0.3 is 24.3 Å². The number of nitrogens with zero attached hydrogens (tertiary/aromatic N) is 1. The molecule has 10 heteroatoms.